The Labute approximate surface area is 81.6 Å². The molecule has 2 heterocycles. The average molecular weight is 189 g/mol. The van der Waals surface area contributed by atoms with Crippen LogP contribution in [0.4, 0.5) is 0 Å². The highest BCUT2D eigenvalue weighted by atomic mass is 15.4. The molecule has 0 aliphatic carbocycles. The number of aromatic nitrogens is 4. The number of nitrogens with two attached hydrogens (primary N) is 1. The van der Waals surface area contributed by atoms with Crippen molar-refractivity contribution in [3.8, 4) is 5.82 Å². The molecule has 2 rings (SSSR count). The molecule has 5 nitrogen and oxygen atoms in total. The van der Waals surface area contributed by atoms with Gasteiger partial charge < -0.3 is 5.73 Å². The molecule has 0 saturated carbocycles. The summed E-state index contributed by atoms with van der Waals surface area (Å²) in [7, 11) is 0. The van der Waals surface area contributed by atoms with Crippen molar-refractivity contribution >= 4 is 0 Å². The minimum absolute atomic E-state index is 0.346. The van der Waals surface area contributed by atoms with E-state index in [9.17, 15) is 0 Å². The first kappa shape index (κ1) is 8.83. The van der Waals surface area contributed by atoms with Crippen molar-refractivity contribution in [1.29, 1.82) is 0 Å². The Morgan fingerprint density at radius 1 is 1.43 bits per heavy atom. The lowest BCUT2D eigenvalue weighted by molar-refractivity contribution is 0.805. The topological polar surface area (TPSA) is 69.6 Å². The zero-order valence-electron chi connectivity index (χ0n) is 7.88. The summed E-state index contributed by atoms with van der Waals surface area (Å²) >= 11 is 0. The van der Waals surface area contributed by atoms with Gasteiger partial charge in [-0.15, -0.1) is 5.10 Å². The van der Waals surface area contributed by atoms with Gasteiger partial charge in [0.1, 0.15) is 6.33 Å². The molecule has 14 heavy (non-hydrogen) atoms. The van der Waals surface area contributed by atoms with Crippen molar-refractivity contribution in [3.05, 3.63) is 36.0 Å². The SMILES string of the molecule is Cc1cccc(-n2cnc(CN)n2)n1. The second kappa shape index (κ2) is 3.55. The summed E-state index contributed by atoms with van der Waals surface area (Å²) in [4.78, 5) is 8.34. The molecular formula is C9H11N5. The van der Waals surface area contributed by atoms with Crippen molar-refractivity contribution in [2.45, 2.75) is 13.5 Å². The van der Waals surface area contributed by atoms with Gasteiger partial charge in [-0.25, -0.2) is 14.6 Å². The second-order valence-electron chi connectivity index (χ2n) is 2.95. The van der Waals surface area contributed by atoms with E-state index in [4.69, 9.17) is 5.73 Å². The summed E-state index contributed by atoms with van der Waals surface area (Å²) < 4.78 is 1.62. The predicted octanol–water partition coefficient (Wildman–Crippen LogP) is 0.429. The van der Waals surface area contributed by atoms with Gasteiger partial charge in [-0.05, 0) is 19.1 Å². The van der Waals surface area contributed by atoms with Crippen molar-refractivity contribution in [3.63, 3.8) is 0 Å². The highest BCUT2D eigenvalue weighted by molar-refractivity contribution is 5.22. The first-order chi connectivity index (χ1) is 6.79. The van der Waals surface area contributed by atoms with Gasteiger partial charge in [-0.3, -0.25) is 0 Å². The van der Waals surface area contributed by atoms with Crippen LogP contribution in [0.5, 0.6) is 0 Å². The van der Waals surface area contributed by atoms with Crippen LogP contribution < -0.4 is 5.73 Å². The van der Waals surface area contributed by atoms with Crippen LogP contribution in [0.25, 0.3) is 5.82 Å². The first-order valence-electron chi connectivity index (χ1n) is 4.34. The maximum Gasteiger partial charge on any atom is 0.164 e. The standard InChI is InChI=1S/C9H11N5/c1-7-3-2-4-9(12-7)14-6-11-8(5-10)13-14/h2-4,6H,5,10H2,1H3. The van der Waals surface area contributed by atoms with Gasteiger partial charge in [0.25, 0.3) is 0 Å². The van der Waals surface area contributed by atoms with Gasteiger partial charge in [-0.2, -0.15) is 0 Å². The average Bonchev–Trinajstić information content (AvgIpc) is 2.66. The minimum Gasteiger partial charge on any atom is -0.324 e. The molecule has 0 saturated heterocycles. The Bertz CT molecular complexity index is 434. The van der Waals surface area contributed by atoms with Crippen molar-refractivity contribution in [1.82, 2.24) is 19.7 Å². The zero-order chi connectivity index (χ0) is 9.97. The van der Waals surface area contributed by atoms with Gasteiger partial charge in [-0.1, -0.05) is 6.07 Å². The van der Waals surface area contributed by atoms with E-state index in [1.807, 2.05) is 25.1 Å². The summed E-state index contributed by atoms with van der Waals surface area (Å²) in [5.41, 5.74) is 6.36. The first-order valence-corrected chi connectivity index (χ1v) is 4.34. The molecule has 0 aliphatic rings. The molecule has 0 unspecified atom stereocenters. The summed E-state index contributed by atoms with van der Waals surface area (Å²) in [6.07, 6.45) is 1.62. The van der Waals surface area contributed by atoms with E-state index in [0.717, 1.165) is 11.5 Å². The largest absolute Gasteiger partial charge is 0.324 e. The van der Waals surface area contributed by atoms with Crippen molar-refractivity contribution in [2.75, 3.05) is 0 Å². The van der Waals surface area contributed by atoms with Crippen molar-refractivity contribution < 1.29 is 0 Å². The Morgan fingerprint density at radius 2 is 2.29 bits per heavy atom. The number of pyridine rings is 1. The fourth-order valence-electron chi connectivity index (χ4n) is 1.16. The fraction of sp³-hybridized carbons (Fsp3) is 0.222. The highest BCUT2D eigenvalue weighted by Crippen LogP contribution is 2.03. The van der Waals surface area contributed by atoms with Crippen LogP contribution in [-0.4, -0.2) is 19.7 Å². The zero-order valence-corrected chi connectivity index (χ0v) is 7.88. The molecule has 0 fully saturated rings. The molecule has 0 radical (unpaired) electrons. The van der Waals surface area contributed by atoms with E-state index in [1.54, 1.807) is 11.0 Å². The molecular weight excluding hydrogens is 178 g/mol. The molecule has 0 bridgehead atoms. The summed E-state index contributed by atoms with van der Waals surface area (Å²) in [6.45, 7) is 2.28. The third-order valence-corrected chi connectivity index (χ3v) is 1.83. The van der Waals surface area contributed by atoms with Gasteiger partial charge in [0, 0.05) is 5.69 Å². The van der Waals surface area contributed by atoms with Gasteiger partial charge in [0.15, 0.2) is 11.6 Å². The molecule has 0 aliphatic heterocycles. The van der Waals surface area contributed by atoms with E-state index in [2.05, 4.69) is 15.1 Å². The molecule has 2 aromatic heterocycles. The normalized spacial score (nSPS) is 10.4. The molecule has 0 aromatic carbocycles. The Kier molecular flexibility index (Phi) is 2.24. The van der Waals surface area contributed by atoms with Crippen LogP contribution >= 0.6 is 0 Å². The molecule has 72 valence electrons. The van der Waals surface area contributed by atoms with Crippen LogP contribution in [0.2, 0.25) is 0 Å². The lowest BCUT2D eigenvalue weighted by Gasteiger charge is -1.99. The molecule has 5 heteroatoms. The van der Waals surface area contributed by atoms with Gasteiger partial charge in [0.2, 0.25) is 0 Å². The minimum atomic E-state index is 0.346. The van der Waals surface area contributed by atoms with Crippen LogP contribution in [0.3, 0.4) is 0 Å². The predicted molar refractivity (Wildman–Crippen MR) is 51.8 cm³/mol. The number of aryl methyl sites for hydroxylation is 1. The van der Waals surface area contributed by atoms with Crippen LogP contribution in [0.15, 0.2) is 24.5 Å². The highest BCUT2D eigenvalue weighted by Gasteiger charge is 2.01. The summed E-state index contributed by atoms with van der Waals surface area (Å²) in [6, 6.07) is 5.74. The van der Waals surface area contributed by atoms with E-state index in [1.165, 1.54) is 0 Å². The Balaban J connectivity index is 2.39. The Morgan fingerprint density at radius 3 is 2.93 bits per heavy atom. The van der Waals surface area contributed by atoms with Crippen LogP contribution in [-0.2, 0) is 6.54 Å². The molecule has 2 aromatic rings. The number of rotatable bonds is 2. The monoisotopic (exact) mass is 189 g/mol. The van der Waals surface area contributed by atoms with Crippen LogP contribution in [0, 0.1) is 6.92 Å². The summed E-state index contributed by atoms with van der Waals surface area (Å²) in [5, 5.41) is 4.16. The lowest BCUT2D eigenvalue weighted by Crippen LogP contribution is -2.02. The fourth-order valence-corrected chi connectivity index (χ4v) is 1.16. The maximum absolute atomic E-state index is 5.41. The maximum atomic E-state index is 5.41. The molecule has 0 atom stereocenters. The van der Waals surface area contributed by atoms with Crippen molar-refractivity contribution in [2.24, 2.45) is 5.73 Å². The summed E-state index contributed by atoms with van der Waals surface area (Å²) in [5.74, 6) is 1.38. The second-order valence-corrected chi connectivity index (χ2v) is 2.95. The number of hydrogen-bond acceptors (Lipinski definition) is 4. The third-order valence-electron chi connectivity index (χ3n) is 1.83. The van der Waals surface area contributed by atoms with Gasteiger partial charge in [0.05, 0.1) is 6.54 Å². The van der Waals surface area contributed by atoms with E-state index in [-0.39, 0.29) is 0 Å². The van der Waals surface area contributed by atoms with E-state index in [0.29, 0.717) is 12.4 Å². The molecule has 2 N–H and O–H groups in total. The third kappa shape index (κ3) is 1.62. The van der Waals surface area contributed by atoms with E-state index >= 15 is 0 Å². The Hall–Kier alpha value is -1.75. The smallest absolute Gasteiger partial charge is 0.164 e. The van der Waals surface area contributed by atoms with Gasteiger partial charge >= 0.3 is 0 Å². The number of hydrogen-bond donors (Lipinski definition) is 1. The molecule has 0 amide bonds. The van der Waals surface area contributed by atoms with E-state index < -0.39 is 0 Å². The molecule has 0 spiro atoms. The van der Waals surface area contributed by atoms with Crippen LogP contribution in [0.1, 0.15) is 11.5 Å². The quantitative estimate of drug-likeness (QED) is 0.743. The lowest BCUT2D eigenvalue weighted by atomic mass is 10.4. The number of nitrogens with zero attached hydrogens (tertiary/aromatic N) is 4.